The highest BCUT2D eigenvalue weighted by Crippen LogP contribution is 2.39. The van der Waals surface area contributed by atoms with E-state index in [1.54, 1.807) is 6.92 Å². The van der Waals surface area contributed by atoms with E-state index in [1.807, 2.05) is 53.1 Å². The van der Waals surface area contributed by atoms with Gasteiger partial charge in [-0.15, -0.1) is 0 Å². The van der Waals surface area contributed by atoms with Crippen LogP contribution in [-0.2, 0) is 16.1 Å². The van der Waals surface area contributed by atoms with Crippen LogP contribution in [0.2, 0.25) is 5.02 Å². The average molecular weight is 532 g/mol. The predicted octanol–water partition coefficient (Wildman–Crippen LogP) is 4.86. The lowest BCUT2D eigenvalue weighted by atomic mass is 10.1. The van der Waals surface area contributed by atoms with E-state index in [4.69, 9.17) is 16.1 Å². The molecule has 0 spiro atoms. The van der Waals surface area contributed by atoms with E-state index in [2.05, 4.69) is 20.8 Å². The molecule has 2 aromatic carbocycles. The molecule has 2 N–H and O–H groups in total. The number of hydrogen-bond acceptors (Lipinski definition) is 5. The minimum absolute atomic E-state index is 0.139. The topological polar surface area (TPSA) is 102 Å². The van der Waals surface area contributed by atoms with Gasteiger partial charge in [0.25, 0.3) is 0 Å². The Balaban J connectivity index is 1.34. The van der Waals surface area contributed by atoms with Gasteiger partial charge in [0.15, 0.2) is 0 Å². The van der Waals surface area contributed by atoms with Crippen molar-refractivity contribution >= 4 is 34.3 Å². The van der Waals surface area contributed by atoms with Crippen molar-refractivity contribution in [2.24, 2.45) is 0 Å². The van der Waals surface area contributed by atoms with Crippen LogP contribution in [0.15, 0.2) is 53.1 Å². The Kier molecular flexibility index (Phi) is 6.18. The van der Waals surface area contributed by atoms with Gasteiger partial charge in [0.05, 0.1) is 10.5 Å². The minimum atomic E-state index is -4.63. The highest BCUT2D eigenvalue weighted by atomic mass is 35.5. The zero-order chi connectivity index (χ0) is 26.4. The van der Waals surface area contributed by atoms with Crippen LogP contribution in [-0.4, -0.2) is 38.2 Å². The molecule has 4 aromatic rings. The first-order valence-corrected chi connectivity index (χ1v) is 11.8. The summed E-state index contributed by atoms with van der Waals surface area (Å²) in [5.74, 6) is -0.978. The fourth-order valence-electron chi connectivity index (χ4n) is 4.20. The van der Waals surface area contributed by atoms with Crippen LogP contribution < -0.4 is 10.6 Å². The van der Waals surface area contributed by atoms with Crippen LogP contribution in [0.4, 0.5) is 13.2 Å². The number of alkyl halides is 3. The van der Waals surface area contributed by atoms with Crippen molar-refractivity contribution < 1.29 is 27.3 Å². The van der Waals surface area contributed by atoms with Gasteiger partial charge < -0.3 is 19.7 Å². The number of hydrogen-bond donors (Lipinski definition) is 2. The lowest BCUT2D eigenvalue weighted by molar-refractivity contribution is -0.155. The number of nitrogens with zero attached hydrogens (tertiary/aromatic N) is 3. The van der Waals surface area contributed by atoms with Crippen LogP contribution in [0, 0.1) is 6.92 Å². The molecular formula is C25H21ClF3N5O3. The number of para-hydroxylation sites is 1. The van der Waals surface area contributed by atoms with Crippen molar-refractivity contribution in [3.63, 3.8) is 0 Å². The van der Waals surface area contributed by atoms with Gasteiger partial charge in [-0.1, -0.05) is 47.1 Å². The summed E-state index contributed by atoms with van der Waals surface area (Å²) < 4.78 is 44.4. The van der Waals surface area contributed by atoms with Gasteiger partial charge in [-0.25, -0.2) is 0 Å². The zero-order valence-electron chi connectivity index (χ0n) is 19.5. The van der Waals surface area contributed by atoms with Crippen molar-refractivity contribution in [3.8, 4) is 17.2 Å². The summed E-state index contributed by atoms with van der Waals surface area (Å²) in [6.07, 6.45) is -5.66. The molecule has 8 nitrogen and oxygen atoms in total. The summed E-state index contributed by atoms with van der Waals surface area (Å²) in [6.45, 7) is 1.83. The van der Waals surface area contributed by atoms with Gasteiger partial charge >= 0.3 is 6.18 Å². The molecule has 1 fully saturated rings. The summed E-state index contributed by atoms with van der Waals surface area (Å²) in [4.78, 5) is 28.6. The molecule has 0 bridgehead atoms. The van der Waals surface area contributed by atoms with Crippen LogP contribution in [0.3, 0.4) is 0 Å². The Morgan fingerprint density at radius 1 is 1.14 bits per heavy atom. The molecule has 2 amide bonds. The zero-order valence-corrected chi connectivity index (χ0v) is 20.3. The Bertz CT molecular complexity index is 1490. The van der Waals surface area contributed by atoms with Crippen molar-refractivity contribution in [3.05, 3.63) is 65.0 Å². The van der Waals surface area contributed by atoms with Gasteiger partial charge in [-0.3, -0.25) is 9.59 Å². The molecule has 2 aromatic heterocycles. The molecule has 12 heteroatoms. The van der Waals surface area contributed by atoms with Gasteiger partial charge in [-0.2, -0.15) is 18.2 Å². The monoisotopic (exact) mass is 531 g/mol. The quantitative estimate of drug-likeness (QED) is 0.354. The Morgan fingerprint density at radius 3 is 2.46 bits per heavy atom. The Morgan fingerprint density at radius 2 is 1.84 bits per heavy atom. The number of fused-ring (bicyclic) bond motifs is 1. The second-order valence-electron chi connectivity index (χ2n) is 8.92. The average Bonchev–Trinajstić information content (AvgIpc) is 3.40. The number of rotatable bonds is 7. The fourth-order valence-corrected chi connectivity index (χ4v) is 4.53. The maximum absolute atomic E-state index is 12.6. The standard InChI is InChI=1S/C25H21ClF3N5O3/c1-14-31-22(33-37-14)21-20(26)17-4-2-3-5-18(17)34(21)16-8-6-15(7-9-16)13-30-23(36)24(10-11-24)32-19(35)12-25(27,28)29/h2-9H,10-13H2,1H3,(H,30,36)(H,32,35). The molecule has 0 aliphatic heterocycles. The molecule has 1 aliphatic carbocycles. The largest absolute Gasteiger partial charge is 0.397 e. The highest BCUT2D eigenvalue weighted by Gasteiger charge is 2.51. The van der Waals surface area contributed by atoms with E-state index in [0.717, 1.165) is 22.2 Å². The molecule has 0 unspecified atom stereocenters. The van der Waals surface area contributed by atoms with E-state index in [0.29, 0.717) is 35.3 Å². The number of aryl methyl sites for hydroxylation is 1. The number of halogens is 4. The smallest absolute Gasteiger partial charge is 0.350 e. The normalized spacial score (nSPS) is 14.5. The predicted molar refractivity (Wildman–Crippen MR) is 129 cm³/mol. The minimum Gasteiger partial charge on any atom is -0.350 e. The molecule has 0 saturated heterocycles. The van der Waals surface area contributed by atoms with Gasteiger partial charge in [-0.05, 0) is 36.6 Å². The van der Waals surface area contributed by atoms with Crippen LogP contribution in [0.1, 0.15) is 30.7 Å². The third-order valence-corrected chi connectivity index (χ3v) is 6.51. The summed E-state index contributed by atoms with van der Waals surface area (Å²) in [6, 6.07) is 14.9. The van der Waals surface area contributed by atoms with Gasteiger partial charge in [0.1, 0.15) is 17.7 Å². The van der Waals surface area contributed by atoms with E-state index in [9.17, 15) is 22.8 Å². The van der Waals surface area contributed by atoms with Crippen molar-refractivity contribution in [1.82, 2.24) is 25.3 Å². The number of benzene rings is 2. The maximum atomic E-state index is 12.6. The lowest BCUT2D eigenvalue weighted by Crippen LogP contribution is -2.49. The maximum Gasteiger partial charge on any atom is 0.397 e. The number of nitrogens with one attached hydrogen (secondary N) is 2. The van der Waals surface area contributed by atoms with E-state index in [-0.39, 0.29) is 6.54 Å². The molecule has 0 radical (unpaired) electrons. The molecule has 1 saturated carbocycles. The number of amides is 2. The first-order chi connectivity index (χ1) is 17.6. The van der Waals surface area contributed by atoms with Crippen molar-refractivity contribution in [1.29, 1.82) is 0 Å². The molecular weight excluding hydrogens is 511 g/mol. The van der Waals surface area contributed by atoms with Crippen LogP contribution in [0.5, 0.6) is 0 Å². The van der Waals surface area contributed by atoms with Crippen molar-refractivity contribution in [2.45, 2.75) is 44.4 Å². The number of carbonyl (C=O) groups excluding carboxylic acids is 2. The van der Waals surface area contributed by atoms with Crippen molar-refractivity contribution in [2.75, 3.05) is 0 Å². The molecule has 192 valence electrons. The van der Waals surface area contributed by atoms with Crippen LogP contribution in [0.25, 0.3) is 28.1 Å². The van der Waals surface area contributed by atoms with Gasteiger partial charge in [0, 0.05) is 24.5 Å². The number of carbonyl (C=O) groups is 2. The molecule has 0 atom stereocenters. The summed E-state index contributed by atoms with van der Waals surface area (Å²) >= 11 is 6.71. The van der Waals surface area contributed by atoms with E-state index in [1.165, 1.54) is 0 Å². The fraction of sp³-hybridized carbons (Fsp3) is 0.280. The molecule has 2 heterocycles. The second kappa shape index (κ2) is 9.22. The summed E-state index contributed by atoms with van der Waals surface area (Å²) in [5, 5.41) is 10.3. The first kappa shape index (κ1) is 24.8. The van der Waals surface area contributed by atoms with Gasteiger partial charge in [0.2, 0.25) is 23.5 Å². The highest BCUT2D eigenvalue weighted by molar-refractivity contribution is 6.38. The Hall–Kier alpha value is -3.86. The summed E-state index contributed by atoms with van der Waals surface area (Å²) in [7, 11) is 0. The summed E-state index contributed by atoms with van der Waals surface area (Å²) in [5.41, 5.74) is 1.67. The molecule has 5 rings (SSSR count). The van der Waals surface area contributed by atoms with Crippen LogP contribution >= 0.6 is 11.6 Å². The van der Waals surface area contributed by atoms with E-state index >= 15 is 0 Å². The Labute approximate surface area is 213 Å². The SMILES string of the molecule is Cc1nc(-c2c(Cl)c3ccccc3n2-c2ccc(CNC(=O)C3(NC(=O)CC(F)(F)F)CC3)cc2)no1. The van der Waals surface area contributed by atoms with E-state index < -0.39 is 30.0 Å². The lowest BCUT2D eigenvalue weighted by Gasteiger charge is -2.18. The third-order valence-electron chi connectivity index (χ3n) is 6.12. The first-order valence-electron chi connectivity index (χ1n) is 11.4. The second-order valence-corrected chi connectivity index (χ2v) is 9.30. The third kappa shape index (κ3) is 5.04. The molecule has 37 heavy (non-hydrogen) atoms. The number of aromatic nitrogens is 3. The molecule has 1 aliphatic rings.